The van der Waals surface area contributed by atoms with Crippen LogP contribution in [-0.2, 0) is 6.11 Å². The second-order valence-corrected chi connectivity index (χ2v) is 4.42. The Balaban J connectivity index is 2.44. The quantitative estimate of drug-likeness (QED) is 0.581. The molecule has 0 saturated carbocycles. The van der Waals surface area contributed by atoms with Crippen molar-refractivity contribution in [2.24, 2.45) is 0 Å². The van der Waals surface area contributed by atoms with Crippen LogP contribution in [0.3, 0.4) is 0 Å². The van der Waals surface area contributed by atoms with Crippen LogP contribution in [0.4, 0.5) is 30.7 Å². The van der Waals surface area contributed by atoms with E-state index in [-0.39, 0.29) is 17.7 Å². The van der Waals surface area contributed by atoms with Gasteiger partial charge in [0.2, 0.25) is 0 Å². The molecule has 0 spiro atoms. The molecule has 0 aliphatic carbocycles. The van der Waals surface area contributed by atoms with Crippen LogP contribution in [0.5, 0.6) is 5.75 Å². The zero-order valence-corrected chi connectivity index (χ0v) is 10.9. The van der Waals surface area contributed by atoms with Gasteiger partial charge in [-0.25, -0.2) is 22.0 Å². The number of alkyl halides is 2. The lowest BCUT2D eigenvalue weighted by atomic mass is 10.1. The lowest BCUT2D eigenvalue weighted by molar-refractivity contribution is -0.189. The van der Waals surface area contributed by atoms with Crippen LogP contribution in [0.15, 0.2) is 24.3 Å². The van der Waals surface area contributed by atoms with Gasteiger partial charge in [0, 0.05) is 12.1 Å². The van der Waals surface area contributed by atoms with Crippen molar-refractivity contribution in [1.29, 1.82) is 0 Å². The summed E-state index contributed by atoms with van der Waals surface area (Å²) >= 11 is 0. The number of aryl methyl sites for hydroxylation is 1. The fourth-order valence-electron chi connectivity index (χ4n) is 1.77. The van der Waals surface area contributed by atoms with Crippen molar-refractivity contribution in [3.05, 3.63) is 64.5 Å². The molecule has 0 saturated heterocycles. The summed E-state index contributed by atoms with van der Waals surface area (Å²) in [5.74, 6) is -9.76. The zero-order chi connectivity index (χ0) is 16.7. The summed E-state index contributed by atoms with van der Waals surface area (Å²) in [7, 11) is 0. The highest BCUT2D eigenvalue weighted by molar-refractivity contribution is 5.30. The first kappa shape index (κ1) is 16.1. The van der Waals surface area contributed by atoms with Gasteiger partial charge in [0.15, 0.2) is 17.5 Å². The van der Waals surface area contributed by atoms with Crippen molar-refractivity contribution in [1.82, 2.24) is 0 Å². The van der Waals surface area contributed by atoms with Crippen molar-refractivity contribution in [2.45, 2.75) is 13.0 Å². The molecule has 8 heteroatoms. The second-order valence-electron chi connectivity index (χ2n) is 4.42. The van der Waals surface area contributed by atoms with Gasteiger partial charge in [-0.3, -0.25) is 0 Å². The molecule has 0 radical (unpaired) electrons. The minimum atomic E-state index is -4.56. The molecule has 0 aromatic heterocycles. The lowest BCUT2D eigenvalue weighted by Gasteiger charge is -2.19. The van der Waals surface area contributed by atoms with E-state index >= 15 is 0 Å². The van der Waals surface area contributed by atoms with Crippen LogP contribution in [-0.4, -0.2) is 0 Å². The Hall–Kier alpha value is -2.25. The molecule has 0 fully saturated rings. The molecule has 0 heterocycles. The molecule has 2 aromatic carbocycles. The Morgan fingerprint density at radius 1 is 0.773 bits per heavy atom. The molecule has 2 aromatic rings. The largest absolute Gasteiger partial charge is 0.432 e. The highest BCUT2D eigenvalue weighted by Crippen LogP contribution is 2.36. The van der Waals surface area contributed by atoms with Crippen molar-refractivity contribution in [3.63, 3.8) is 0 Å². The maximum absolute atomic E-state index is 13.8. The predicted octanol–water partition coefficient (Wildman–Crippen LogP) is 4.82. The van der Waals surface area contributed by atoms with E-state index in [1.165, 1.54) is 6.92 Å². The molecule has 0 aliphatic rings. The average molecular weight is 324 g/mol. The summed E-state index contributed by atoms with van der Waals surface area (Å²) < 4.78 is 97.2. The first-order chi connectivity index (χ1) is 10.1. The molecule has 0 N–H and O–H groups in total. The fraction of sp³-hybridized carbons (Fsp3) is 0.143. The van der Waals surface area contributed by atoms with E-state index in [0.29, 0.717) is 12.1 Å². The summed E-state index contributed by atoms with van der Waals surface area (Å²) in [6, 6.07) is 1.55. The van der Waals surface area contributed by atoms with Crippen molar-refractivity contribution in [3.8, 4) is 5.75 Å². The van der Waals surface area contributed by atoms with Gasteiger partial charge in [-0.15, -0.1) is 0 Å². The minimum Gasteiger partial charge on any atom is -0.429 e. The Morgan fingerprint density at radius 2 is 1.23 bits per heavy atom. The molecule has 0 atom stereocenters. The number of hydrogen-bond donors (Lipinski definition) is 0. The number of benzene rings is 2. The number of hydrogen-bond acceptors (Lipinski definition) is 1. The Kier molecular flexibility index (Phi) is 4.04. The molecule has 0 bridgehead atoms. The van der Waals surface area contributed by atoms with E-state index in [1.54, 1.807) is 0 Å². The highest BCUT2D eigenvalue weighted by Gasteiger charge is 2.41. The summed E-state index contributed by atoms with van der Waals surface area (Å²) in [4.78, 5) is 0. The lowest BCUT2D eigenvalue weighted by Crippen LogP contribution is -2.25. The SMILES string of the molecule is Cc1cc(F)c(C(F)(F)Oc2cc(F)c(F)c(F)c2)c(F)c1. The summed E-state index contributed by atoms with van der Waals surface area (Å²) in [5, 5.41) is 0. The van der Waals surface area contributed by atoms with Crippen molar-refractivity contribution >= 4 is 0 Å². The van der Waals surface area contributed by atoms with Crippen molar-refractivity contribution in [2.75, 3.05) is 0 Å². The standard InChI is InChI=1S/C14H7F7O/c1-6-2-8(15)12(9(16)3-6)14(20,21)22-7-4-10(17)13(19)11(18)5-7/h2-5H,1H3. The smallest absolute Gasteiger partial charge is 0.429 e. The first-order valence-corrected chi connectivity index (χ1v) is 5.79. The summed E-state index contributed by atoms with van der Waals surface area (Å²) in [6.07, 6.45) is -4.56. The highest BCUT2D eigenvalue weighted by atomic mass is 19.3. The average Bonchev–Trinajstić information content (AvgIpc) is 2.33. The number of ether oxygens (including phenoxy) is 1. The second kappa shape index (κ2) is 5.51. The van der Waals surface area contributed by atoms with Gasteiger partial charge in [-0.1, -0.05) is 0 Å². The van der Waals surface area contributed by atoms with Gasteiger partial charge >= 0.3 is 6.11 Å². The molecular weight excluding hydrogens is 317 g/mol. The van der Waals surface area contributed by atoms with E-state index in [4.69, 9.17) is 0 Å². The van der Waals surface area contributed by atoms with E-state index in [9.17, 15) is 30.7 Å². The number of rotatable bonds is 3. The van der Waals surface area contributed by atoms with Gasteiger partial charge in [0.25, 0.3) is 0 Å². The monoisotopic (exact) mass is 324 g/mol. The van der Waals surface area contributed by atoms with Crippen LogP contribution < -0.4 is 4.74 Å². The van der Waals surface area contributed by atoms with Gasteiger partial charge in [0.05, 0.1) is 0 Å². The third-order valence-corrected chi connectivity index (χ3v) is 2.68. The van der Waals surface area contributed by atoms with E-state index in [2.05, 4.69) is 4.74 Å². The van der Waals surface area contributed by atoms with E-state index in [0.717, 1.165) is 0 Å². The summed E-state index contributed by atoms with van der Waals surface area (Å²) in [5.41, 5.74) is -1.67. The predicted molar refractivity (Wildman–Crippen MR) is 61.9 cm³/mol. The third kappa shape index (κ3) is 3.00. The van der Waals surface area contributed by atoms with Crippen LogP contribution >= 0.6 is 0 Å². The third-order valence-electron chi connectivity index (χ3n) is 2.68. The topological polar surface area (TPSA) is 9.23 Å². The molecule has 0 unspecified atom stereocenters. The summed E-state index contributed by atoms with van der Waals surface area (Å²) in [6.45, 7) is 1.28. The Labute approximate surface area is 119 Å². The van der Waals surface area contributed by atoms with Crippen LogP contribution in [0.1, 0.15) is 11.1 Å². The van der Waals surface area contributed by atoms with Gasteiger partial charge < -0.3 is 4.74 Å². The minimum absolute atomic E-state index is 0.0495. The molecule has 22 heavy (non-hydrogen) atoms. The fourth-order valence-corrected chi connectivity index (χ4v) is 1.77. The van der Waals surface area contributed by atoms with Gasteiger partial charge in [-0.2, -0.15) is 8.78 Å². The van der Waals surface area contributed by atoms with Gasteiger partial charge in [-0.05, 0) is 24.6 Å². The maximum atomic E-state index is 13.8. The van der Waals surface area contributed by atoms with Gasteiger partial charge in [0.1, 0.15) is 22.9 Å². The molecule has 2 rings (SSSR count). The molecule has 118 valence electrons. The van der Waals surface area contributed by atoms with E-state index in [1.807, 2.05) is 0 Å². The first-order valence-electron chi connectivity index (χ1n) is 5.79. The van der Waals surface area contributed by atoms with Crippen molar-refractivity contribution < 1.29 is 35.5 Å². The number of halogens is 7. The zero-order valence-electron chi connectivity index (χ0n) is 10.9. The molecule has 0 aliphatic heterocycles. The Morgan fingerprint density at radius 3 is 1.68 bits per heavy atom. The van der Waals surface area contributed by atoms with Crippen LogP contribution in [0.25, 0.3) is 0 Å². The normalized spacial score (nSPS) is 11.6. The maximum Gasteiger partial charge on any atom is 0.432 e. The Bertz CT molecular complexity index is 681. The van der Waals surface area contributed by atoms with Crippen LogP contribution in [0.2, 0.25) is 0 Å². The van der Waals surface area contributed by atoms with E-state index < -0.39 is 46.5 Å². The molecular formula is C14H7F7O. The van der Waals surface area contributed by atoms with Crippen LogP contribution in [0, 0.1) is 36.0 Å². The molecule has 1 nitrogen and oxygen atoms in total. The molecule has 0 amide bonds.